The number of rotatable bonds is 7. The van der Waals surface area contributed by atoms with Crippen molar-refractivity contribution in [2.24, 2.45) is 0 Å². The molecule has 16 aromatic rings. The molecule has 90 heavy (non-hydrogen) atoms. The van der Waals surface area contributed by atoms with Crippen LogP contribution in [0.5, 0.6) is 0 Å². The van der Waals surface area contributed by atoms with Crippen molar-refractivity contribution >= 4 is 54.4 Å². The third-order valence-electron chi connectivity index (χ3n) is 20.5. The van der Waals surface area contributed by atoms with Gasteiger partial charge in [0.05, 0.1) is 33.5 Å². The second kappa shape index (κ2) is 18.7. The highest BCUT2D eigenvalue weighted by Crippen LogP contribution is 2.54. The second-order valence-electron chi connectivity index (χ2n) is 26.0. The molecule has 19 rings (SSSR count). The van der Waals surface area contributed by atoms with Gasteiger partial charge >= 0.3 is 0 Å². The van der Waals surface area contributed by atoms with E-state index in [-0.39, 0.29) is 10.8 Å². The predicted octanol–water partition coefficient (Wildman–Crippen LogP) is 22.4. The minimum Gasteiger partial charge on any atom is -0.309 e. The van der Waals surface area contributed by atoms with Gasteiger partial charge in [0.1, 0.15) is 0 Å². The van der Waals surface area contributed by atoms with Crippen molar-refractivity contribution in [1.29, 1.82) is 0 Å². The van der Waals surface area contributed by atoms with Crippen LogP contribution in [0.1, 0.15) is 49.9 Å². The molecule has 0 fully saturated rings. The molecule has 0 radical (unpaired) electrons. The van der Waals surface area contributed by atoms with Crippen LogP contribution in [0.3, 0.4) is 0 Å². The summed E-state index contributed by atoms with van der Waals surface area (Å²) in [4.78, 5) is 10.9. The Morgan fingerprint density at radius 2 is 0.678 bits per heavy atom. The Hall–Kier alpha value is -11.2. The molecule has 3 aromatic heterocycles. The normalized spacial score (nSPS) is 13.7. The SMILES string of the molecule is CC1(C)c2ccccc2-c2ccc(-n3c4ccccc4c4cc(-c5ccc(-c6nc(-c7ccccc7)nc7c6-c6ccc(-c8ccc(-c9ccc%10c(c9)c9ccccc9n%10-c9ccc%10c(c9)C(C)(C)c9ccccc9-%10)cc8)c8cccc-7c68)cc5)ccc43)cc21. The van der Waals surface area contributed by atoms with E-state index in [1.54, 1.807) is 0 Å². The van der Waals surface area contributed by atoms with E-state index in [4.69, 9.17) is 9.97 Å². The topological polar surface area (TPSA) is 35.6 Å². The largest absolute Gasteiger partial charge is 0.309 e. The molecule has 0 unspecified atom stereocenters. The molecule has 0 bridgehead atoms. The van der Waals surface area contributed by atoms with E-state index >= 15 is 0 Å². The second-order valence-corrected chi connectivity index (χ2v) is 26.0. The molecular weight excluding hydrogens is 1090 g/mol. The summed E-state index contributed by atoms with van der Waals surface area (Å²) in [6.07, 6.45) is 0. The molecule has 4 nitrogen and oxygen atoms in total. The number of hydrogen-bond donors (Lipinski definition) is 0. The molecule has 3 aliphatic rings. The lowest BCUT2D eigenvalue weighted by molar-refractivity contribution is 0.660. The highest BCUT2D eigenvalue weighted by atomic mass is 15.0. The molecule has 0 saturated heterocycles. The number of aromatic nitrogens is 4. The van der Waals surface area contributed by atoms with Crippen LogP contribution in [0.4, 0.5) is 0 Å². The van der Waals surface area contributed by atoms with Crippen LogP contribution in [0, 0.1) is 0 Å². The summed E-state index contributed by atoms with van der Waals surface area (Å²) in [5.41, 5.74) is 32.3. The maximum Gasteiger partial charge on any atom is 0.160 e. The molecule has 3 heterocycles. The molecule has 0 amide bonds. The third-order valence-corrected chi connectivity index (χ3v) is 20.5. The van der Waals surface area contributed by atoms with Crippen molar-refractivity contribution < 1.29 is 0 Å². The van der Waals surface area contributed by atoms with Gasteiger partial charge in [-0.2, -0.15) is 0 Å². The molecule has 13 aromatic carbocycles. The number of fused-ring (bicyclic) bond motifs is 15. The van der Waals surface area contributed by atoms with E-state index in [0.717, 1.165) is 44.8 Å². The van der Waals surface area contributed by atoms with Gasteiger partial charge in [0.15, 0.2) is 5.82 Å². The molecule has 0 N–H and O–H groups in total. The number of hydrogen-bond acceptors (Lipinski definition) is 2. The van der Waals surface area contributed by atoms with Crippen molar-refractivity contribution in [3.05, 3.63) is 301 Å². The van der Waals surface area contributed by atoms with Crippen molar-refractivity contribution in [3.63, 3.8) is 0 Å². The van der Waals surface area contributed by atoms with Gasteiger partial charge in [0.25, 0.3) is 0 Å². The zero-order chi connectivity index (χ0) is 59.7. The first kappa shape index (κ1) is 50.9. The highest BCUT2D eigenvalue weighted by molar-refractivity contribution is 6.20. The fourth-order valence-corrected chi connectivity index (χ4v) is 16.1. The van der Waals surface area contributed by atoms with Gasteiger partial charge < -0.3 is 9.13 Å². The van der Waals surface area contributed by atoms with E-state index in [9.17, 15) is 0 Å². The molecule has 0 atom stereocenters. The lowest BCUT2D eigenvalue weighted by Gasteiger charge is -2.22. The van der Waals surface area contributed by atoms with Crippen LogP contribution in [0.15, 0.2) is 279 Å². The highest BCUT2D eigenvalue weighted by Gasteiger charge is 2.37. The third kappa shape index (κ3) is 7.19. The average molecular weight is 1150 g/mol. The Morgan fingerprint density at radius 3 is 1.26 bits per heavy atom. The van der Waals surface area contributed by atoms with Gasteiger partial charge in [0, 0.05) is 66.0 Å². The Morgan fingerprint density at radius 1 is 0.256 bits per heavy atom. The molecule has 0 aliphatic heterocycles. The summed E-state index contributed by atoms with van der Waals surface area (Å²) in [5, 5.41) is 7.39. The average Bonchev–Trinajstić information content (AvgIpc) is 1.60. The number of para-hydroxylation sites is 2. The van der Waals surface area contributed by atoms with Crippen LogP contribution in [0.25, 0.3) is 166 Å². The van der Waals surface area contributed by atoms with Gasteiger partial charge in [-0.25, -0.2) is 9.97 Å². The summed E-state index contributed by atoms with van der Waals surface area (Å²) < 4.78 is 4.90. The van der Waals surface area contributed by atoms with E-state index in [1.165, 1.54) is 138 Å². The van der Waals surface area contributed by atoms with Crippen LogP contribution >= 0.6 is 0 Å². The van der Waals surface area contributed by atoms with E-state index < -0.39 is 0 Å². The number of benzene rings is 13. The zero-order valence-electron chi connectivity index (χ0n) is 50.3. The predicted molar refractivity (Wildman–Crippen MR) is 375 cm³/mol. The molecule has 4 heteroatoms. The van der Waals surface area contributed by atoms with Gasteiger partial charge in [0.2, 0.25) is 0 Å². The maximum atomic E-state index is 5.49. The summed E-state index contributed by atoms with van der Waals surface area (Å²) >= 11 is 0. The standard InChI is InChI=1S/C86H58N4/c1-85(2)72-25-12-8-19-61(72)63-41-39-58(49-74(63)85)89-76-27-14-10-21-65(76)70-47-56(37-45-78(70)89)51-29-33-53(34-30-51)60-43-44-68-80-67(60)23-16-24-69(80)83-81(68)82(87-84(88-83)55-17-6-5-7-18-55)54-35-31-52(32-36-54)57-38-46-79-71(48-57)66-22-11-15-28-77(66)90(79)59-40-42-64-62-20-9-13-26-73(62)86(3,4)75(64)50-59/h5-50H,1-4H3. The van der Waals surface area contributed by atoms with E-state index in [0.29, 0.717) is 5.82 Å². The Kier molecular flexibility index (Phi) is 10.6. The minimum atomic E-state index is -0.0901. The van der Waals surface area contributed by atoms with Crippen LogP contribution in [-0.2, 0) is 10.8 Å². The van der Waals surface area contributed by atoms with Crippen molar-refractivity contribution in [3.8, 4) is 112 Å². The first-order valence-corrected chi connectivity index (χ1v) is 31.5. The summed E-state index contributed by atoms with van der Waals surface area (Å²) in [6, 6.07) is 104. The molecule has 0 spiro atoms. The lowest BCUT2D eigenvalue weighted by atomic mass is 9.82. The van der Waals surface area contributed by atoms with Gasteiger partial charge in [-0.05, 0) is 155 Å². The maximum absolute atomic E-state index is 5.49. The van der Waals surface area contributed by atoms with E-state index in [2.05, 4.69) is 316 Å². The molecular formula is C86H58N4. The fraction of sp³-hybridized carbons (Fsp3) is 0.0698. The summed E-state index contributed by atoms with van der Waals surface area (Å²) in [6.45, 7) is 9.44. The van der Waals surface area contributed by atoms with Crippen LogP contribution in [-0.4, -0.2) is 19.1 Å². The monoisotopic (exact) mass is 1150 g/mol. The minimum absolute atomic E-state index is 0.0833. The Balaban J connectivity index is 0.666. The van der Waals surface area contributed by atoms with Crippen molar-refractivity contribution in [2.75, 3.05) is 0 Å². The molecule has 3 aliphatic carbocycles. The van der Waals surface area contributed by atoms with Gasteiger partial charge in [-0.3, -0.25) is 0 Å². The number of nitrogens with zero attached hydrogens (tertiary/aromatic N) is 4. The fourth-order valence-electron chi connectivity index (χ4n) is 16.1. The summed E-state index contributed by atoms with van der Waals surface area (Å²) in [7, 11) is 0. The smallest absolute Gasteiger partial charge is 0.160 e. The summed E-state index contributed by atoms with van der Waals surface area (Å²) in [5.74, 6) is 0.716. The van der Waals surface area contributed by atoms with Crippen molar-refractivity contribution in [1.82, 2.24) is 19.1 Å². The lowest BCUT2D eigenvalue weighted by Crippen LogP contribution is -2.15. The zero-order valence-corrected chi connectivity index (χ0v) is 50.3. The first-order chi connectivity index (χ1) is 44.1. The quantitative estimate of drug-likeness (QED) is 0.159. The van der Waals surface area contributed by atoms with Gasteiger partial charge in [-0.1, -0.05) is 246 Å². The molecule has 422 valence electrons. The van der Waals surface area contributed by atoms with Gasteiger partial charge in [-0.15, -0.1) is 0 Å². The first-order valence-electron chi connectivity index (χ1n) is 31.5. The Labute approximate surface area is 522 Å². The Bertz CT molecular complexity index is 5760. The van der Waals surface area contributed by atoms with E-state index in [1.807, 2.05) is 0 Å². The van der Waals surface area contributed by atoms with Crippen molar-refractivity contribution in [2.45, 2.75) is 38.5 Å². The van der Waals surface area contributed by atoms with Crippen LogP contribution < -0.4 is 0 Å². The van der Waals surface area contributed by atoms with Crippen LogP contribution in [0.2, 0.25) is 0 Å². The molecule has 0 saturated carbocycles.